The van der Waals surface area contributed by atoms with E-state index in [1.165, 1.54) is 19.4 Å². The average Bonchev–Trinajstić information content (AvgIpc) is 2.63. The molecule has 10 heteroatoms. The Hall–Kier alpha value is -3.04. The van der Waals surface area contributed by atoms with Gasteiger partial charge in [-0.2, -0.15) is 0 Å². The van der Waals surface area contributed by atoms with Crippen LogP contribution in [0.1, 0.15) is 43.9 Å². The van der Waals surface area contributed by atoms with Gasteiger partial charge < -0.3 is 15.3 Å². The molecule has 0 unspecified atom stereocenters. The zero-order valence-electron chi connectivity index (χ0n) is 15.0. The van der Waals surface area contributed by atoms with Crippen molar-refractivity contribution in [2.75, 3.05) is 13.7 Å². The van der Waals surface area contributed by atoms with Crippen LogP contribution in [0.2, 0.25) is 0 Å². The van der Waals surface area contributed by atoms with Crippen LogP contribution in [0.3, 0.4) is 0 Å². The summed E-state index contributed by atoms with van der Waals surface area (Å²) in [7, 11) is 1.22. The third-order valence-corrected chi connectivity index (χ3v) is 3.36. The molecule has 0 radical (unpaired) electrons. The molecule has 0 aromatic carbocycles. The van der Waals surface area contributed by atoms with E-state index >= 15 is 0 Å². The molecule has 0 aliphatic carbocycles. The number of amides is 1. The van der Waals surface area contributed by atoms with Crippen molar-refractivity contribution in [2.24, 2.45) is 5.16 Å². The highest BCUT2D eigenvalue weighted by atomic mass is 16.8. The number of pyridine rings is 1. The smallest absolute Gasteiger partial charge is 0.335 e. The number of carbonyl (C=O) groups excluding carboxylic acids is 2. The highest BCUT2D eigenvalue weighted by Crippen LogP contribution is 2.15. The van der Waals surface area contributed by atoms with Crippen molar-refractivity contribution >= 4 is 23.4 Å². The maximum atomic E-state index is 12.0. The van der Waals surface area contributed by atoms with E-state index in [4.69, 9.17) is 9.94 Å². The second-order valence-corrected chi connectivity index (χ2v) is 5.31. The molecule has 0 fully saturated rings. The molecule has 1 aromatic rings. The standard InChI is InChI=1S/C16H22N4O6/c1-4-26-14(22)8-6-5-7-13(21)18-16(19-23)15-11(2)9-12(10-17-15)20(24)25-3/h9-10H,4-8H2,1-3H3,(H-,17,18,19,21,23,24)/p+1. The molecule has 1 rings (SSSR count). The highest BCUT2D eigenvalue weighted by molar-refractivity contribution is 6.07. The normalized spacial score (nSPS) is 11.0. The van der Waals surface area contributed by atoms with Gasteiger partial charge in [0.15, 0.2) is 12.9 Å². The Morgan fingerprint density at radius 1 is 1.35 bits per heavy atom. The van der Waals surface area contributed by atoms with Gasteiger partial charge in [-0.3, -0.25) is 9.59 Å². The summed E-state index contributed by atoms with van der Waals surface area (Å²) in [5.74, 6) is -0.803. The number of aryl methyl sites for hydroxylation is 1. The van der Waals surface area contributed by atoms with E-state index in [0.29, 0.717) is 25.0 Å². The lowest BCUT2D eigenvalue weighted by atomic mass is 10.1. The van der Waals surface area contributed by atoms with Crippen molar-refractivity contribution in [2.45, 2.75) is 39.5 Å². The molecule has 2 N–H and O–H groups in total. The molecule has 0 saturated carbocycles. The molecular formula is C16H23N4O6+. The summed E-state index contributed by atoms with van der Waals surface area (Å²) in [4.78, 5) is 43.4. The third-order valence-electron chi connectivity index (χ3n) is 3.36. The topological polar surface area (TPSA) is 130 Å². The maximum absolute atomic E-state index is 12.0. The molecule has 142 valence electrons. The second-order valence-electron chi connectivity index (χ2n) is 5.31. The number of nitrogens with one attached hydrogen (secondary N) is 1. The van der Waals surface area contributed by atoms with E-state index in [9.17, 15) is 14.5 Å². The van der Waals surface area contributed by atoms with Crippen molar-refractivity contribution in [3.63, 3.8) is 0 Å². The van der Waals surface area contributed by atoms with E-state index in [2.05, 4.69) is 20.3 Å². The number of unbranched alkanes of at least 4 members (excludes halogenated alkanes) is 1. The van der Waals surface area contributed by atoms with Gasteiger partial charge in [0, 0.05) is 18.9 Å². The van der Waals surface area contributed by atoms with Crippen LogP contribution in [0, 0.1) is 11.8 Å². The Morgan fingerprint density at radius 2 is 2.04 bits per heavy atom. The van der Waals surface area contributed by atoms with Gasteiger partial charge in [0.2, 0.25) is 5.91 Å². The van der Waals surface area contributed by atoms with E-state index in [1.807, 2.05) is 0 Å². The van der Waals surface area contributed by atoms with Crippen LogP contribution >= 0.6 is 0 Å². The number of aromatic nitrogens is 1. The summed E-state index contributed by atoms with van der Waals surface area (Å²) in [5.41, 5.74) is 0.896. The zero-order chi connectivity index (χ0) is 19.5. The first-order valence-electron chi connectivity index (χ1n) is 8.08. The van der Waals surface area contributed by atoms with Crippen LogP contribution in [0.5, 0.6) is 0 Å². The molecule has 10 nitrogen and oxygen atoms in total. The van der Waals surface area contributed by atoms with E-state index in [1.54, 1.807) is 13.8 Å². The number of amidine groups is 1. The lowest BCUT2D eigenvalue weighted by Crippen LogP contribution is -2.32. The number of nitrogens with zero attached hydrogens (tertiary/aromatic N) is 3. The molecule has 26 heavy (non-hydrogen) atoms. The van der Waals surface area contributed by atoms with Crippen LogP contribution < -0.4 is 5.32 Å². The first kappa shape index (κ1) is 21.0. The van der Waals surface area contributed by atoms with Gasteiger partial charge in [0.05, 0.1) is 11.5 Å². The predicted octanol–water partition coefficient (Wildman–Crippen LogP) is 1.74. The minimum atomic E-state index is -0.380. The molecule has 0 saturated heterocycles. The summed E-state index contributed by atoms with van der Waals surface area (Å²) < 4.78 is 4.80. The largest absolute Gasteiger partial charge is 0.466 e. The van der Waals surface area contributed by atoms with Crippen LogP contribution in [0.25, 0.3) is 0 Å². The zero-order valence-corrected chi connectivity index (χ0v) is 15.0. The highest BCUT2D eigenvalue weighted by Gasteiger charge is 2.20. The fourth-order valence-corrected chi connectivity index (χ4v) is 2.13. The summed E-state index contributed by atoms with van der Waals surface area (Å²) >= 11 is 0. The number of ether oxygens (including phenoxy) is 1. The Bertz CT molecular complexity index is 689. The van der Waals surface area contributed by atoms with Gasteiger partial charge in [0.1, 0.15) is 11.9 Å². The van der Waals surface area contributed by atoms with Gasteiger partial charge in [-0.1, -0.05) is 5.16 Å². The Balaban J connectivity index is 2.60. The quantitative estimate of drug-likeness (QED) is 0.170. The number of oxime groups is 1. The summed E-state index contributed by atoms with van der Waals surface area (Å²) in [5, 5.41) is 14.7. The van der Waals surface area contributed by atoms with Crippen molar-refractivity contribution in [1.82, 2.24) is 10.3 Å². The van der Waals surface area contributed by atoms with Gasteiger partial charge >= 0.3 is 11.7 Å². The summed E-state index contributed by atoms with van der Waals surface area (Å²) in [6.07, 6.45) is 2.62. The monoisotopic (exact) mass is 367 g/mol. The minimum Gasteiger partial charge on any atom is -0.466 e. The number of hydrogen-bond donors (Lipinski definition) is 2. The molecule has 0 atom stereocenters. The molecule has 1 aromatic heterocycles. The van der Waals surface area contributed by atoms with Crippen LogP contribution in [-0.2, 0) is 19.2 Å². The van der Waals surface area contributed by atoms with Crippen LogP contribution in [0.15, 0.2) is 17.4 Å². The summed E-state index contributed by atoms with van der Waals surface area (Å²) in [6.45, 7) is 3.70. The third kappa shape index (κ3) is 6.46. The fraction of sp³-hybridized carbons (Fsp3) is 0.500. The number of rotatable bonds is 9. The maximum Gasteiger partial charge on any atom is 0.335 e. The van der Waals surface area contributed by atoms with Gasteiger partial charge in [-0.05, 0) is 32.3 Å². The Kier molecular flexibility index (Phi) is 8.68. The minimum absolute atomic E-state index is 0.126. The van der Waals surface area contributed by atoms with E-state index < -0.39 is 0 Å². The van der Waals surface area contributed by atoms with E-state index in [-0.39, 0.29) is 46.9 Å². The number of carbonyl (C=O) groups is 2. The SMILES string of the molecule is CCOC(=O)CCCCC(=O)N/C(=N/O)c1ncc([N+](=O)OC)cc1C. The van der Waals surface area contributed by atoms with Crippen molar-refractivity contribution in [3.8, 4) is 0 Å². The number of hydrogen-bond acceptors (Lipinski definition) is 8. The molecule has 0 aliphatic rings. The van der Waals surface area contributed by atoms with Crippen LogP contribution in [0.4, 0.5) is 5.69 Å². The van der Waals surface area contributed by atoms with Gasteiger partial charge in [-0.15, -0.1) is 0 Å². The van der Waals surface area contributed by atoms with E-state index in [0.717, 1.165) is 0 Å². The average molecular weight is 367 g/mol. The van der Waals surface area contributed by atoms with Crippen molar-refractivity contribution in [3.05, 3.63) is 28.4 Å². The molecular weight excluding hydrogens is 344 g/mol. The predicted molar refractivity (Wildman–Crippen MR) is 90.8 cm³/mol. The first-order valence-corrected chi connectivity index (χ1v) is 8.08. The molecule has 0 bridgehead atoms. The molecule has 1 heterocycles. The molecule has 0 aliphatic heterocycles. The van der Waals surface area contributed by atoms with Crippen molar-refractivity contribution < 1.29 is 29.3 Å². The fourth-order valence-electron chi connectivity index (χ4n) is 2.13. The summed E-state index contributed by atoms with van der Waals surface area (Å²) in [6, 6.07) is 1.48. The van der Waals surface area contributed by atoms with Crippen LogP contribution in [-0.4, -0.2) is 46.5 Å². The Labute approximate surface area is 150 Å². The lowest BCUT2D eigenvalue weighted by molar-refractivity contribution is -0.736. The number of esters is 1. The van der Waals surface area contributed by atoms with Crippen molar-refractivity contribution in [1.29, 1.82) is 0 Å². The second kappa shape index (κ2) is 10.7. The Morgan fingerprint density at radius 3 is 2.62 bits per heavy atom. The molecule has 1 amide bonds. The molecule has 0 spiro atoms. The van der Waals surface area contributed by atoms with Gasteiger partial charge in [0.25, 0.3) is 4.92 Å². The lowest BCUT2D eigenvalue weighted by Gasteiger charge is -2.08. The first-order chi connectivity index (χ1) is 12.4. The van der Waals surface area contributed by atoms with Gasteiger partial charge in [-0.25, -0.2) is 9.82 Å².